The van der Waals surface area contributed by atoms with Gasteiger partial charge in [-0.05, 0) is 93.6 Å². The van der Waals surface area contributed by atoms with E-state index < -0.39 is 5.60 Å². The summed E-state index contributed by atoms with van der Waals surface area (Å²) in [4.78, 5) is 78.9. The lowest BCUT2D eigenvalue weighted by Gasteiger charge is -2.48. The average Bonchev–Trinajstić information content (AvgIpc) is 4.08. The van der Waals surface area contributed by atoms with Crippen LogP contribution in [0.2, 0.25) is 0 Å². The molecule has 0 aromatic heterocycles. The number of amides is 5. The van der Waals surface area contributed by atoms with Gasteiger partial charge in [0.1, 0.15) is 5.60 Å². The summed E-state index contributed by atoms with van der Waals surface area (Å²) >= 11 is 0. The molecule has 6 heterocycles. The Labute approximate surface area is 407 Å². The van der Waals surface area contributed by atoms with Gasteiger partial charge in [0.15, 0.2) is 0 Å². The summed E-state index contributed by atoms with van der Waals surface area (Å²) in [6, 6.07) is 35.6. The fraction of sp³-hybridized carbons (Fsp3) is 0.473. The van der Waals surface area contributed by atoms with Gasteiger partial charge in [0.25, 0.3) is 23.6 Å². The van der Waals surface area contributed by atoms with Crippen LogP contribution in [-0.2, 0) is 4.74 Å². The first-order chi connectivity index (χ1) is 33.4. The van der Waals surface area contributed by atoms with Crippen molar-refractivity contribution in [1.82, 2.24) is 39.6 Å². The highest BCUT2D eigenvalue weighted by Gasteiger charge is 2.40. The molecule has 6 aliphatic heterocycles. The van der Waals surface area contributed by atoms with E-state index >= 15 is 0 Å². The molecule has 0 saturated carbocycles. The topological polar surface area (TPSA) is 129 Å². The van der Waals surface area contributed by atoms with Crippen molar-refractivity contribution in [2.75, 3.05) is 105 Å². The Morgan fingerprint density at radius 3 is 1.33 bits per heavy atom. The minimum atomic E-state index is -0.527. The number of likely N-dealkylation sites (tertiary alicyclic amines) is 3. The zero-order chi connectivity index (χ0) is 48.1. The smallest absolute Gasteiger partial charge is 0.410 e. The van der Waals surface area contributed by atoms with Gasteiger partial charge in [0, 0.05) is 138 Å². The van der Waals surface area contributed by atoms with Crippen LogP contribution in [0.5, 0.6) is 0 Å². The summed E-state index contributed by atoms with van der Waals surface area (Å²) in [5, 5.41) is 3.41. The number of carbonyl (C=O) groups is 5. The Balaban J connectivity index is 0.000000175. The molecule has 6 fully saturated rings. The highest BCUT2D eigenvalue weighted by molar-refractivity contribution is 5.97. The fourth-order valence-electron chi connectivity index (χ4n) is 10.7. The quantitative estimate of drug-likeness (QED) is 0.235. The third-order valence-electron chi connectivity index (χ3n) is 14.7. The molecule has 2 atom stereocenters. The Hall–Kier alpha value is -6.09. The number of benzene rings is 4. The highest BCUT2D eigenvalue weighted by Crippen LogP contribution is 2.33. The van der Waals surface area contributed by atoms with Gasteiger partial charge >= 0.3 is 6.09 Å². The molecule has 2 unspecified atom stereocenters. The number of nitrogens with one attached hydrogen (secondary N) is 1. The lowest BCUT2D eigenvalue weighted by Crippen LogP contribution is -2.64. The van der Waals surface area contributed by atoms with Crippen molar-refractivity contribution in [2.24, 2.45) is 0 Å². The summed E-state index contributed by atoms with van der Waals surface area (Å²) in [5.41, 5.74) is 4.77. The van der Waals surface area contributed by atoms with Crippen LogP contribution < -0.4 is 5.32 Å². The van der Waals surface area contributed by atoms with E-state index in [1.807, 2.05) is 143 Å². The van der Waals surface area contributed by atoms with Crippen LogP contribution in [0.1, 0.15) is 98.0 Å². The molecule has 6 aliphatic rings. The first kappa shape index (κ1) is 48.0. The number of nitrogens with zero attached hydrogens (tertiary/aromatic N) is 7. The number of piperazine rings is 2. The Kier molecular flexibility index (Phi) is 14.8. The maximum atomic E-state index is 13.5. The molecule has 1 N–H and O–H groups in total. The maximum Gasteiger partial charge on any atom is 0.410 e. The molecule has 0 bridgehead atoms. The van der Waals surface area contributed by atoms with E-state index in [-0.39, 0.29) is 35.6 Å². The predicted octanol–water partition coefficient (Wildman–Crippen LogP) is 5.74. The van der Waals surface area contributed by atoms with E-state index in [9.17, 15) is 24.0 Å². The van der Waals surface area contributed by atoms with Gasteiger partial charge in [0.2, 0.25) is 0 Å². The first-order valence-corrected chi connectivity index (χ1v) is 25.0. The molecule has 14 heteroatoms. The Morgan fingerprint density at radius 2 is 0.899 bits per heavy atom. The van der Waals surface area contributed by atoms with E-state index in [0.29, 0.717) is 57.3 Å². The van der Waals surface area contributed by atoms with Gasteiger partial charge in [-0.2, -0.15) is 0 Å². The van der Waals surface area contributed by atoms with Crippen molar-refractivity contribution in [3.05, 3.63) is 143 Å². The van der Waals surface area contributed by atoms with Crippen molar-refractivity contribution in [2.45, 2.75) is 63.1 Å². The van der Waals surface area contributed by atoms with Gasteiger partial charge < -0.3 is 34.6 Å². The number of rotatable bonds is 8. The highest BCUT2D eigenvalue weighted by atomic mass is 16.6. The predicted molar refractivity (Wildman–Crippen MR) is 265 cm³/mol. The van der Waals surface area contributed by atoms with Gasteiger partial charge in [-0.1, -0.05) is 72.8 Å². The minimum absolute atomic E-state index is 0.0606. The molecular formula is C55H68N8O6. The molecule has 5 amide bonds. The van der Waals surface area contributed by atoms with Crippen molar-refractivity contribution >= 4 is 29.7 Å². The van der Waals surface area contributed by atoms with E-state index in [1.165, 1.54) is 5.56 Å². The van der Waals surface area contributed by atoms with Crippen LogP contribution in [-0.4, -0.2) is 186 Å². The average molecular weight is 937 g/mol. The molecular weight excluding hydrogens is 869 g/mol. The van der Waals surface area contributed by atoms with Gasteiger partial charge in [-0.3, -0.25) is 29.0 Å². The molecule has 4 aromatic carbocycles. The molecule has 364 valence electrons. The second kappa shape index (κ2) is 21.3. The summed E-state index contributed by atoms with van der Waals surface area (Å²) < 4.78 is 5.55. The van der Waals surface area contributed by atoms with Crippen LogP contribution >= 0.6 is 0 Å². The van der Waals surface area contributed by atoms with E-state index in [4.69, 9.17) is 4.74 Å². The summed E-state index contributed by atoms with van der Waals surface area (Å²) in [7, 11) is 0. The van der Waals surface area contributed by atoms with Crippen LogP contribution in [0, 0.1) is 0 Å². The van der Waals surface area contributed by atoms with Crippen molar-refractivity contribution in [3.63, 3.8) is 0 Å². The number of hydrogen-bond donors (Lipinski definition) is 1. The van der Waals surface area contributed by atoms with Crippen molar-refractivity contribution in [3.8, 4) is 0 Å². The third kappa shape index (κ3) is 11.2. The van der Waals surface area contributed by atoms with E-state index in [1.54, 1.807) is 4.90 Å². The molecule has 10 rings (SSSR count). The number of carbonyl (C=O) groups excluding carboxylic acids is 5. The van der Waals surface area contributed by atoms with E-state index in [0.717, 1.165) is 106 Å². The first-order valence-electron chi connectivity index (χ1n) is 25.0. The van der Waals surface area contributed by atoms with Gasteiger partial charge in [-0.25, -0.2) is 4.79 Å². The maximum absolute atomic E-state index is 13.5. The largest absolute Gasteiger partial charge is 0.444 e. The van der Waals surface area contributed by atoms with Crippen molar-refractivity contribution in [1.29, 1.82) is 0 Å². The monoisotopic (exact) mass is 937 g/mol. The molecule has 0 radical (unpaired) electrons. The standard InChI is InChI=1S/C30H38N4O4.C25H30N4O2/c1-30(2,3)38-29(37)33-14-13-23(19-33)25-11-7-8-12-26(25)28(36)34-20-24(21-34)31-15-17-32(18-16-31)27(35)22-9-5-4-6-10-22;30-24(19-6-2-1-3-7-19)28-14-12-27(13-15-28)21-17-29(18-21)25(31)23-9-5-4-8-22(23)20-10-11-26-16-20/h4-12,23-24H,13-21H2,1-3H3;1-9,20-21,26H,10-18H2. The lowest BCUT2D eigenvalue weighted by molar-refractivity contribution is 0.00798. The van der Waals surface area contributed by atoms with Crippen molar-refractivity contribution < 1.29 is 28.7 Å². The Morgan fingerprint density at radius 1 is 0.464 bits per heavy atom. The van der Waals surface area contributed by atoms with Gasteiger partial charge in [0.05, 0.1) is 0 Å². The normalized spacial score (nSPS) is 21.5. The van der Waals surface area contributed by atoms with Crippen LogP contribution in [0.4, 0.5) is 4.79 Å². The van der Waals surface area contributed by atoms with Crippen LogP contribution in [0.3, 0.4) is 0 Å². The summed E-state index contributed by atoms with van der Waals surface area (Å²) in [5.74, 6) is 0.984. The second-order valence-corrected chi connectivity index (χ2v) is 20.4. The third-order valence-corrected chi connectivity index (χ3v) is 14.7. The zero-order valence-corrected chi connectivity index (χ0v) is 40.5. The van der Waals surface area contributed by atoms with Gasteiger partial charge in [-0.15, -0.1) is 0 Å². The lowest BCUT2D eigenvalue weighted by atomic mass is 9.92. The minimum Gasteiger partial charge on any atom is -0.444 e. The molecule has 0 spiro atoms. The van der Waals surface area contributed by atoms with Crippen LogP contribution in [0.15, 0.2) is 109 Å². The molecule has 6 saturated heterocycles. The second-order valence-electron chi connectivity index (χ2n) is 20.4. The van der Waals surface area contributed by atoms with E-state index in [2.05, 4.69) is 21.2 Å². The summed E-state index contributed by atoms with van der Waals surface area (Å²) in [6.07, 6.45) is 1.62. The van der Waals surface area contributed by atoms with Crippen LogP contribution in [0.25, 0.3) is 0 Å². The number of ether oxygens (including phenoxy) is 1. The molecule has 4 aromatic rings. The molecule has 0 aliphatic carbocycles. The fourth-order valence-corrected chi connectivity index (χ4v) is 10.7. The zero-order valence-electron chi connectivity index (χ0n) is 40.5. The summed E-state index contributed by atoms with van der Waals surface area (Å²) in [6.45, 7) is 18.1. The number of hydrogen-bond acceptors (Lipinski definition) is 9. The molecule has 14 nitrogen and oxygen atoms in total. The SMILES string of the molecule is CC(C)(C)OC(=O)N1CCC(c2ccccc2C(=O)N2CC(N3CCN(C(=O)c4ccccc4)CC3)C2)C1.O=C(c1ccccc1)N1CCN(C2CN(C(=O)c3ccccc3C3CCNC3)C2)CC1. The Bertz CT molecular complexity index is 2430. The molecule has 69 heavy (non-hydrogen) atoms.